The van der Waals surface area contributed by atoms with Gasteiger partial charge in [0.25, 0.3) is 5.91 Å². The van der Waals surface area contributed by atoms with Crippen molar-refractivity contribution in [1.82, 2.24) is 20.9 Å². The van der Waals surface area contributed by atoms with Gasteiger partial charge in [0.15, 0.2) is 12.4 Å². The SMILES string of the molecule is CCN(CC)CCOc1ccc(-c2oc3ccc(Cl)cc3c2C(=O)c2ccc(OCC(=O)NCC(C)(CNC(C)(C)C(C)N=O)CNC(C)(C)C(C)N=O)cc2)cc1. The first-order valence-electron chi connectivity index (χ1n) is 19.8. The van der Waals surface area contributed by atoms with Crippen LogP contribution < -0.4 is 25.4 Å². The van der Waals surface area contributed by atoms with Gasteiger partial charge in [0.05, 0.1) is 5.56 Å². The van der Waals surface area contributed by atoms with Gasteiger partial charge >= 0.3 is 0 Å². The molecule has 58 heavy (non-hydrogen) atoms. The lowest BCUT2D eigenvalue weighted by Gasteiger charge is -2.39. The lowest BCUT2D eigenvalue weighted by Crippen LogP contribution is -2.58. The van der Waals surface area contributed by atoms with E-state index in [9.17, 15) is 19.4 Å². The number of nitrogens with zero attached hydrogens (tertiary/aromatic N) is 3. The summed E-state index contributed by atoms with van der Waals surface area (Å²) in [6.45, 7) is 21.5. The minimum Gasteiger partial charge on any atom is -0.492 e. The Hall–Kier alpha value is -4.69. The van der Waals surface area contributed by atoms with Crippen molar-refractivity contribution in [1.29, 1.82) is 0 Å². The summed E-state index contributed by atoms with van der Waals surface area (Å²) in [5, 5.41) is 17.3. The third-order valence-corrected chi connectivity index (χ3v) is 11.3. The van der Waals surface area contributed by atoms with E-state index in [2.05, 4.69) is 45.1 Å². The molecular weight excluding hydrogens is 760 g/mol. The van der Waals surface area contributed by atoms with E-state index in [0.29, 0.717) is 63.9 Å². The number of ether oxygens (including phenoxy) is 2. The number of hydrogen-bond donors (Lipinski definition) is 3. The predicted molar refractivity (Wildman–Crippen MR) is 231 cm³/mol. The first kappa shape index (κ1) is 46.0. The molecule has 0 fully saturated rings. The molecule has 4 rings (SSSR count). The van der Waals surface area contributed by atoms with Gasteiger partial charge in [-0.15, -0.1) is 0 Å². The highest BCUT2D eigenvalue weighted by molar-refractivity contribution is 6.32. The number of likely N-dealkylation sites (N-methyl/N-ethyl adjacent to an activating group) is 1. The van der Waals surface area contributed by atoms with Crippen LogP contribution in [0.2, 0.25) is 5.02 Å². The first-order valence-corrected chi connectivity index (χ1v) is 20.2. The molecule has 2 atom stereocenters. The van der Waals surface area contributed by atoms with E-state index in [4.69, 9.17) is 25.5 Å². The molecule has 0 spiro atoms. The minimum atomic E-state index is -0.595. The number of carbonyl (C=O) groups excluding carboxylic acids is 2. The Balaban J connectivity index is 1.44. The first-order chi connectivity index (χ1) is 27.5. The molecule has 1 amide bonds. The van der Waals surface area contributed by atoms with E-state index >= 15 is 0 Å². The fourth-order valence-corrected chi connectivity index (χ4v) is 6.19. The zero-order valence-electron chi connectivity index (χ0n) is 35.2. The summed E-state index contributed by atoms with van der Waals surface area (Å²) in [4.78, 5) is 52.1. The van der Waals surface area contributed by atoms with Crippen LogP contribution in [0.1, 0.15) is 78.2 Å². The maximum atomic E-state index is 14.2. The molecule has 1 heterocycles. The Morgan fingerprint density at radius 3 is 1.90 bits per heavy atom. The van der Waals surface area contributed by atoms with Crippen LogP contribution >= 0.6 is 11.6 Å². The molecule has 1 aromatic heterocycles. The van der Waals surface area contributed by atoms with E-state index in [1.807, 2.05) is 58.9 Å². The van der Waals surface area contributed by atoms with Crippen LogP contribution in [0, 0.1) is 15.2 Å². The maximum Gasteiger partial charge on any atom is 0.257 e. The van der Waals surface area contributed by atoms with E-state index in [1.165, 1.54) is 0 Å². The smallest absolute Gasteiger partial charge is 0.257 e. The molecule has 0 aliphatic carbocycles. The lowest BCUT2D eigenvalue weighted by atomic mass is 9.85. The number of benzene rings is 3. The number of amides is 1. The van der Waals surface area contributed by atoms with Gasteiger partial charge in [0.1, 0.15) is 41.5 Å². The topological polar surface area (TPSA) is 164 Å². The molecule has 14 heteroatoms. The quantitative estimate of drug-likeness (QED) is 0.0463. The van der Waals surface area contributed by atoms with Crippen LogP contribution in [0.5, 0.6) is 11.5 Å². The van der Waals surface area contributed by atoms with Crippen molar-refractivity contribution in [2.24, 2.45) is 15.8 Å². The third kappa shape index (κ3) is 12.2. The van der Waals surface area contributed by atoms with E-state index in [-0.39, 0.29) is 24.8 Å². The number of fused-ring (bicyclic) bond motifs is 1. The maximum absolute atomic E-state index is 14.2. The Morgan fingerprint density at radius 1 is 0.793 bits per heavy atom. The van der Waals surface area contributed by atoms with Crippen LogP contribution in [0.3, 0.4) is 0 Å². The zero-order valence-corrected chi connectivity index (χ0v) is 36.0. The van der Waals surface area contributed by atoms with Gasteiger partial charge in [-0.3, -0.25) is 9.59 Å². The number of ketones is 1. The highest BCUT2D eigenvalue weighted by Crippen LogP contribution is 2.37. The number of nitroso groups, excluding NO2 is 2. The van der Waals surface area contributed by atoms with Gasteiger partial charge in [-0.05, 0) is 121 Å². The third-order valence-electron chi connectivity index (χ3n) is 11.1. The number of nitrogens with one attached hydrogen (secondary N) is 3. The molecule has 3 N–H and O–H groups in total. The van der Waals surface area contributed by atoms with E-state index in [1.54, 1.807) is 56.3 Å². The molecule has 0 aliphatic heterocycles. The van der Waals surface area contributed by atoms with Crippen LogP contribution in [-0.2, 0) is 4.79 Å². The summed E-state index contributed by atoms with van der Waals surface area (Å²) in [6, 6.07) is 18.3. The molecule has 0 saturated heterocycles. The van der Waals surface area contributed by atoms with Crippen molar-refractivity contribution in [3.8, 4) is 22.8 Å². The molecule has 314 valence electrons. The number of furan rings is 1. The normalized spacial score (nSPS) is 14.1. The van der Waals surface area contributed by atoms with Gasteiger partial charge in [0.2, 0.25) is 0 Å². The summed E-state index contributed by atoms with van der Waals surface area (Å²) in [7, 11) is 0. The molecule has 13 nitrogen and oxygen atoms in total. The molecule has 3 aromatic carbocycles. The summed E-state index contributed by atoms with van der Waals surface area (Å²) >= 11 is 6.38. The Labute approximate surface area is 346 Å². The number of hydrogen-bond acceptors (Lipinski definition) is 12. The Morgan fingerprint density at radius 2 is 1.34 bits per heavy atom. The van der Waals surface area contributed by atoms with Crippen molar-refractivity contribution in [2.75, 3.05) is 52.5 Å². The fraction of sp³-hybridized carbons (Fsp3) is 0.500. The van der Waals surface area contributed by atoms with Gasteiger partial charge < -0.3 is 34.7 Å². The second-order valence-corrected chi connectivity index (χ2v) is 16.7. The highest BCUT2D eigenvalue weighted by Gasteiger charge is 2.35. The Bertz CT molecular complexity index is 1960. The predicted octanol–water partition coefficient (Wildman–Crippen LogP) is 8.25. The summed E-state index contributed by atoms with van der Waals surface area (Å²) in [6.07, 6.45) is 0. The average molecular weight is 819 g/mol. The Kier molecular flexibility index (Phi) is 16.1. The second-order valence-electron chi connectivity index (χ2n) is 16.3. The molecule has 0 radical (unpaired) electrons. The standard InChI is InChI=1S/C44H59ClN6O7/c1-10-51(11-2)22-23-56-34-19-14-32(15-20-34)41-39(36-24-33(45)16-21-37(36)58-41)40(53)31-12-17-35(18-13-31)57-25-38(52)46-26-44(9,27-47-42(5,6)29(3)49-54)28-48-43(7,8)30(4)50-55/h12-21,24,29-30,47-48H,10-11,22-23,25-28H2,1-9H3,(H,46,52). The van der Waals surface area contributed by atoms with Crippen LogP contribution in [0.4, 0.5) is 0 Å². The summed E-state index contributed by atoms with van der Waals surface area (Å²) in [5.41, 5.74) is 0.296. The molecule has 4 aromatic rings. The van der Waals surface area contributed by atoms with Crippen LogP contribution in [0.25, 0.3) is 22.3 Å². The second kappa shape index (κ2) is 20.3. The molecule has 0 bridgehead atoms. The molecular formula is C44H59ClN6O7. The van der Waals surface area contributed by atoms with Gasteiger partial charge in [-0.1, -0.05) is 42.7 Å². The number of rotatable bonds is 24. The fourth-order valence-electron chi connectivity index (χ4n) is 6.02. The van der Waals surface area contributed by atoms with Crippen molar-refractivity contribution in [3.05, 3.63) is 92.7 Å². The van der Waals surface area contributed by atoms with Crippen molar-refractivity contribution < 1.29 is 23.5 Å². The number of halogens is 1. The molecule has 0 aliphatic rings. The van der Waals surface area contributed by atoms with Crippen molar-refractivity contribution in [2.45, 2.75) is 85.5 Å². The summed E-state index contributed by atoms with van der Waals surface area (Å²) in [5.74, 6) is 0.944. The van der Waals surface area contributed by atoms with Crippen molar-refractivity contribution in [3.63, 3.8) is 0 Å². The summed E-state index contributed by atoms with van der Waals surface area (Å²) < 4.78 is 18.0. The van der Waals surface area contributed by atoms with Crippen molar-refractivity contribution >= 4 is 34.3 Å². The van der Waals surface area contributed by atoms with E-state index in [0.717, 1.165) is 25.4 Å². The van der Waals surface area contributed by atoms with Crippen LogP contribution in [0.15, 0.2) is 81.5 Å². The lowest BCUT2D eigenvalue weighted by molar-refractivity contribution is -0.123. The van der Waals surface area contributed by atoms with Gasteiger partial charge in [0, 0.05) is 64.2 Å². The monoisotopic (exact) mass is 818 g/mol. The number of carbonyl (C=O) groups is 2. The largest absolute Gasteiger partial charge is 0.492 e. The zero-order chi connectivity index (χ0) is 42.7. The highest BCUT2D eigenvalue weighted by atomic mass is 35.5. The van der Waals surface area contributed by atoms with Gasteiger partial charge in [-0.25, -0.2) is 0 Å². The van der Waals surface area contributed by atoms with Gasteiger partial charge in [-0.2, -0.15) is 9.81 Å². The molecule has 2 unspecified atom stereocenters. The van der Waals surface area contributed by atoms with E-state index < -0.39 is 28.6 Å². The van der Waals surface area contributed by atoms with Crippen LogP contribution in [-0.4, -0.2) is 92.2 Å². The average Bonchev–Trinajstić information content (AvgIpc) is 3.60. The molecule has 0 saturated carbocycles. The minimum absolute atomic E-state index is 0.260.